The lowest BCUT2D eigenvalue weighted by Crippen LogP contribution is -2.26. The number of halogens is 1. The van der Waals surface area contributed by atoms with Crippen molar-refractivity contribution in [2.24, 2.45) is 0 Å². The lowest BCUT2D eigenvalue weighted by Gasteiger charge is -2.36. The van der Waals surface area contributed by atoms with Gasteiger partial charge in [-0.05, 0) is 37.0 Å². The number of hydrogen-bond acceptors (Lipinski definition) is 1. The van der Waals surface area contributed by atoms with Crippen LogP contribution in [-0.4, -0.2) is 5.11 Å². The molecule has 0 aliphatic heterocycles. The smallest absolute Gasteiger partial charge is 0.115 e. The van der Waals surface area contributed by atoms with E-state index in [-0.39, 0.29) is 4.32 Å². The molecule has 1 aromatic carbocycles. The van der Waals surface area contributed by atoms with Gasteiger partial charge in [0.05, 0.1) is 4.32 Å². The van der Waals surface area contributed by atoms with Crippen molar-refractivity contribution in [3.8, 4) is 5.75 Å². The SMILES string of the molecule is Oc1ccc(C2(Br)CCC2)cc1. The predicted molar refractivity (Wildman–Crippen MR) is 52.6 cm³/mol. The molecule has 64 valence electrons. The summed E-state index contributed by atoms with van der Waals surface area (Å²) in [5, 5.41) is 9.10. The van der Waals surface area contributed by atoms with E-state index in [1.54, 1.807) is 12.1 Å². The molecule has 1 nitrogen and oxygen atoms in total. The molecule has 1 fully saturated rings. The van der Waals surface area contributed by atoms with E-state index >= 15 is 0 Å². The molecule has 0 amide bonds. The Kier molecular flexibility index (Phi) is 1.87. The van der Waals surface area contributed by atoms with Gasteiger partial charge in [0.15, 0.2) is 0 Å². The molecular weight excluding hydrogens is 216 g/mol. The van der Waals surface area contributed by atoms with Crippen LogP contribution in [0.5, 0.6) is 5.75 Å². The van der Waals surface area contributed by atoms with E-state index in [4.69, 9.17) is 5.11 Å². The molecule has 1 aliphatic carbocycles. The maximum atomic E-state index is 9.10. The van der Waals surface area contributed by atoms with Crippen molar-refractivity contribution in [1.29, 1.82) is 0 Å². The first-order valence-corrected chi connectivity index (χ1v) is 4.98. The largest absolute Gasteiger partial charge is 0.508 e. The zero-order valence-corrected chi connectivity index (χ0v) is 8.34. The molecule has 0 bridgehead atoms. The van der Waals surface area contributed by atoms with E-state index in [2.05, 4.69) is 15.9 Å². The van der Waals surface area contributed by atoms with E-state index in [0.717, 1.165) is 0 Å². The summed E-state index contributed by atoms with van der Waals surface area (Å²) < 4.78 is 0.209. The van der Waals surface area contributed by atoms with Crippen molar-refractivity contribution in [2.45, 2.75) is 23.6 Å². The molecule has 1 aromatic rings. The van der Waals surface area contributed by atoms with Crippen LogP contribution in [0.15, 0.2) is 24.3 Å². The van der Waals surface area contributed by atoms with Gasteiger partial charge in [-0.3, -0.25) is 0 Å². The number of phenols is 1. The lowest BCUT2D eigenvalue weighted by atomic mass is 9.80. The van der Waals surface area contributed by atoms with Crippen molar-refractivity contribution < 1.29 is 5.11 Å². The molecule has 0 atom stereocenters. The molecule has 1 aliphatic rings. The average molecular weight is 227 g/mol. The monoisotopic (exact) mass is 226 g/mol. The van der Waals surface area contributed by atoms with E-state index < -0.39 is 0 Å². The van der Waals surface area contributed by atoms with Crippen LogP contribution in [0.3, 0.4) is 0 Å². The Balaban J connectivity index is 2.28. The van der Waals surface area contributed by atoms with Crippen LogP contribution in [0.25, 0.3) is 0 Å². The van der Waals surface area contributed by atoms with Crippen LogP contribution in [0.1, 0.15) is 24.8 Å². The third kappa shape index (κ3) is 1.24. The standard InChI is InChI=1S/C10H11BrO/c11-10(6-1-7-10)8-2-4-9(12)5-3-8/h2-5,12H,1,6-7H2. The lowest BCUT2D eigenvalue weighted by molar-refractivity contribution is 0.382. The summed E-state index contributed by atoms with van der Waals surface area (Å²) >= 11 is 3.72. The minimum absolute atomic E-state index is 0.209. The van der Waals surface area contributed by atoms with Gasteiger partial charge >= 0.3 is 0 Å². The quantitative estimate of drug-likeness (QED) is 0.730. The van der Waals surface area contributed by atoms with Gasteiger partial charge in [-0.25, -0.2) is 0 Å². The van der Waals surface area contributed by atoms with Crippen LogP contribution in [0, 0.1) is 0 Å². The molecule has 0 saturated heterocycles. The fraction of sp³-hybridized carbons (Fsp3) is 0.400. The number of rotatable bonds is 1. The third-order valence-electron chi connectivity index (χ3n) is 2.53. The maximum Gasteiger partial charge on any atom is 0.115 e. The fourth-order valence-corrected chi connectivity index (χ4v) is 2.36. The Morgan fingerprint density at radius 2 is 1.75 bits per heavy atom. The Labute approximate surface area is 80.5 Å². The summed E-state index contributed by atoms with van der Waals surface area (Å²) in [5.74, 6) is 0.342. The molecule has 0 unspecified atom stereocenters. The Morgan fingerprint density at radius 1 is 1.17 bits per heavy atom. The van der Waals surface area contributed by atoms with Crippen LogP contribution in [0.2, 0.25) is 0 Å². The molecule has 2 rings (SSSR count). The van der Waals surface area contributed by atoms with Crippen molar-refractivity contribution >= 4 is 15.9 Å². The Hall–Kier alpha value is -0.500. The van der Waals surface area contributed by atoms with Crippen molar-refractivity contribution in [2.75, 3.05) is 0 Å². The highest BCUT2D eigenvalue weighted by Gasteiger charge is 2.35. The highest BCUT2D eigenvalue weighted by Crippen LogP contribution is 2.49. The number of aromatic hydroxyl groups is 1. The first kappa shape index (κ1) is 8.11. The number of benzene rings is 1. The second-order valence-corrected chi connectivity index (χ2v) is 4.88. The van der Waals surface area contributed by atoms with Gasteiger partial charge in [-0.2, -0.15) is 0 Å². The predicted octanol–water partition coefficient (Wildman–Crippen LogP) is 3.17. The molecule has 0 aromatic heterocycles. The third-order valence-corrected chi connectivity index (χ3v) is 3.78. The van der Waals surface area contributed by atoms with E-state index in [1.807, 2.05) is 12.1 Å². The molecule has 2 heteroatoms. The van der Waals surface area contributed by atoms with Gasteiger partial charge < -0.3 is 5.11 Å². The first-order valence-electron chi connectivity index (χ1n) is 4.19. The maximum absolute atomic E-state index is 9.10. The zero-order valence-electron chi connectivity index (χ0n) is 6.76. The van der Waals surface area contributed by atoms with E-state index in [0.29, 0.717) is 5.75 Å². The van der Waals surface area contributed by atoms with Crippen LogP contribution in [0.4, 0.5) is 0 Å². The van der Waals surface area contributed by atoms with Gasteiger partial charge in [-0.1, -0.05) is 28.1 Å². The Bertz CT molecular complexity index is 274. The molecular formula is C10H11BrO. The second-order valence-electron chi connectivity index (χ2n) is 3.37. The van der Waals surface area contributed by atoms with Crippen molar-refractivity contribution in [3.05, 3.63) is 29.8 Å². The number of hydrogen-bond donors (Lipinski definition) is 1. The van der Waals surface area contributed by atoms with Gasteiger partial charge in [0.25, 0.3) is 0 Å². The number of alkyl halides is 1. The molecule has 0 heterocycles. The number of phenolic OH excluding ortho intramolecular Hbond substituents is 1. The molecule has 12 heavy (non-hydrogen) atoms. The van der Waals surface area contributed by atoms with Gasteiger partial charge in [-0.15, -0.1) is 0 Å². The highest BCUT2D eigenvalue weighted by atomic mass is 79.9. The van der Waals surface area contributed by atoms with Gasteiger partial charge in [0.1, 0.15) is 5.75 Å². The van der Waals surface area contributed by atoms with Crippen molar-refractivity contribution in [3.63, 3.8) is 0 Å². The van der Waals surface area contributed by atoms with Crippen molar-refractivity contribution in [1.82, 2.24) is 0 Å². The molecule has 0 radical (unpaired) electrons. The average Bonchev–Trinajstić information content (AvgIpc) is 2.02. The van der Waals surface area contributed by atoms with E-state index in [9.17, 15) is 0 Å². The first-order chi connectivity index (χ1) is 5.71. The summed E-state index contributed by atoms with van der Waals surface area (Å²) in [6.45, 7) is 0. The Morgan fingerprint density at radius 3 is 2.17 bits per heavy atom. The van der Waals surface area contributed by atoms with Gasteiger partial charge in [0, 0.05) is 0 Å². The summed E-state index contributed by atoms with van der Waals surface area (Å²) in [7, 11) is 0. The summed E-state index contributed by atoms with van der Waals surface area (Å²) in [4.78, 5) is 0. The summed E-state index contributed by atoms with van der Waals surface area (Å²) in [6, 6.07) is 7.47. The molecule has 1 N–H and O–H groups in total. The summed E-state index contributed by atoms with van der Waals surface area (Å²) in [6.07, 6.45) is 3.71. The summed E-state index contributed by atoms with van der Waals surface area (Å²) in [5.41, 5.74) is 1.28. The molecule has 1 saturated carbocycles. The normalized spacial score (nSPS) is 20.1. The topological polar surface area (TPSA) is 20.2 Å². The minimum Gasteiger partial charge on any atom is -0.508 e. The zero-order chi connectivity index (χ0) is 8.60. The van der Waals surface area contributed by atoms with Crippen LogP contribution >= 0.6 is 15.9 Å². The highest BCUT2D eigenvalue weighted by molar-refractivity contribution is 9.09. The van der Waals surface area contributed by atoms with Gasteiger partial charge in [0.2, 0.25) is 0 Å². The van der Waals surface area contributed by atoms with Crippen LogP contribution in [-0.2, 0) is 4.32 Å². The second kappa shape index (κ2) is 2.77. The van der Waals surface area contributed by atoms with E-state index in [1.165, 1.54) is 24.8 Å². The minimum atomic E-state index is 0.209. The molecule has 0 spiro atoms. The van der Waals surface area contributed by atoms with Crippen LogP contribution < -0.4 is 0 Å². The fourth-order valence-electron chi connectivity index (χ4n) is 1.54.